The second kappa shape index (κ2) is 6.44. The van der Waals surface area contributed by atoms with E-state index in [4.69, 9.17) is 4.74 Å². The van der Waals surface area contributed by atoms with Crippen molar-refractivity contribution in [2.24, 2.45) is 11.3 Å². The first kappa shape index (κ1) is 16.6. The SMILES string of the molecule is CNC(=O)[C@]12CCOC[C@H]1CN(C(=O)Cn1cnc3c1CCCC3)C2. The Hall–Kier alpha value is -1.89. The number of hydrogen-bond acceptors (Lipinski definition) is 4. The van der Waals surface area contributed by atoms with Crippen molar-refractivity contribution in [3.8, 4) is 0 Å². The predicted octanol–water partition coefficient (Wildman–Crippen LogP) is 0.373. The van der Waals surface area contributed by atoms with Gasteiger partial charge in [0.25, 0.3) is 0 Å². The number of nitrogens with one attached hydrogen (secondary N) is 1. The van der Waals surface area contributed by atoms with Gasteiger partial charge in [0, 0.05) is 38.4 Å². The fourth-order valence-electron chi connectivity index (χ4n) is 4.67. The molecule has 1 aromatic heterocycles. The molecule has 0 radical (unpaired) electrons. The van der Waals surface area contributed by atoms with Crippen molar-refractivity contribution < 1.29 is 14.3 Å². The van der Waals surface area contributed by atoms with E-state index in [0.29, 0.717) is 39.3 Å². The summed E-state index contributed by atoms with van der Waals surface area (Å²) in [5.41, 5.74) is 1.86. The molecule has 7 heteroatoms. The summed E-state index contributed by atoms with van der Waals surface area (Å²) in [7, 11) is 1.67. The lowest BCUT2D eigenvalue weighted by atomic mass is 9.73. The molecule has 0 spiro atoms. The lowest BCUT2D eigenvalue weighted by Gasteiger charge is -2.36. The lowest BCUT2D eigenvalue weighted by molar-refractivity contribution is -0.139. The Balaban J connectivity index is 1.50. The maximum absolute atomic E-state index is 12.9. The molecule has 2 fully saturated rings. The number of rotatable bonds is 3. The minimum absolute atomic E-state index is 0.0381. The number of amides is 2. The number of aromatic nitrogens is 2. The number of carbonyl (C=O) groups is 2. The number of carbonyl (C=O) groups excluding carboxylic acids is 2. The van der Waals surface area contributed by atoms with Crippen molar-refractivity contribution in [2.75, 3.05) is 33.4 Å². The number of ether oxygens (including phenoxy) is 1. The quantitative estimate of drug-likeness (QED) is 0.858. The van der Waals surface area contributed by atoms with Crippen molar-refractivity contribution in [1.82, 2.24) is 19.8 Å². The van der Waals surface area contributed by atoms with Crippen molar-refractivity contribution in [2.45, 2.75) is 38.6 Å². The van der Waals surface area contributed by atoms with Crippen LogP contribution < -0.4 is 5.32 Å². The van der Waals surface area contributed by atoms with Gasteiger partial charge < -0.3 is 19.5 Å². The Morgan fingerprint density at radius 1 is 1.40 bits per heavy atom. The van der Waals surface area contributed by atoms with Crippen LogP contribution in [0.4, 0.5) is 0 Å². The van der Waals surface area contributed by atoms with E-state index in [1.54, 1.807) is 13.4 Å². The number of imidazole rings is 1. The smallest absolute Gasteiger partial charge is 0.242 e. The summed E-state index contributed by atoms with van der Waals surface area (Å²) in [6, 6.07) is 0. The van der Waals surface area contributed by atoms with Crippen molar-refractivity contribution in [3.63, 3.8) is 0 Å². The Labute approximate surface area is 147 Å². The van der Waals surface area contributed by atoms with Gasteiger partial charge in [0.15, 0.2) is 0 Å². The molecule has 1 aliphatic carbocycles. The third kappa shape index (κ3) is 2.74. The Kier molecular flexibility index (Phi) is 4.27. The average molecular weight is 346 g/mol. The predicted molar refractivity (Wildman–Crippen MR) is 90.9 cm³/mol. The highest BCUT2D eigenvalue weighted by atomic mass is 16.5. The van der Waals surface area contributed by atoms with E-state index < -0.39 is 5.41 Å². The maximum atomic E-state index is 12.9. The number of nitrogens with zero attached hydrogens (tertiary/aromatic N) is 3. The number of hydrogen-bond donors (Lipinski definition) is 1. The fourth-order valence-corrected chi connectivity index (χ4v) is 4.67. The molecule has 1 aromatic rings. The normalized spacial score (nSPS) is 28.4. The Morgan fingerprint density at radius 2 is 2.24 bits per heavy atom. The lowest BCUT2D eigenvalue weighted by Crippen LogP contribution is -2.49. The van der Waals surface area contributed by atoms with Crippen molar-refractivity contribution in [3.05, 3.63) is 17.7 Å². The van der Waals surface area contributed by atoms with Crippen molar-refractivity contribution >= 4 is 11.8 Å². The molecule has 0 saturated carbocycles. The second-order valence-electron chi connectivity index (χ2n) is 7.50. The van der Waals surface area contributed by atoms with E-state index in [1.807, 2.05) is 9.47 Å². The van der Waals surface area contributed by atoms with Gasteiger partial charge in [0.1, 0.15) is 6.54 Å². The van der Waals surface area contributed by atoms with Crippen molar-refractivity contribution in [1.29, 1.82) is 0 Å². The van der Waals surface area contributed by atoms with Gasteiger partial charge >= 0.3 is 0 Å². The highest BCUT2D eigenvalue weighted by molar-refractivity contribution is 5.85. The highest BCUT2D eigenvalue weighted by Crippen LogP contribution is 2.42. The fraction of sp³-hybridized carbons (Fsp3) is 0.722. The molecule has 4 rings (SSSR count). The minimum Gasteiger partial charge on any atom is -0.381 e. The minimum atomic E-state index is -0.489. The largest absolute Gasteiger partial charge is 0.381 e. The van der Waals surface area contributed by atoms with E-state index in [9.17, 15) is 9.59 Å². The summed E-state index contributed by atoms with van der Waals surface area (Å²) in [5.74, 6) is 0.196. The summed E-state index contributed by atoms with van der Waals surface area (Å²) in [4.78, 5) is 31.7. The zero-order valence-electron chi connectivity index (χ0n) is 14.8. The molecule has 3 heterocycles. The molecule has 0 unspecified atom stereocenters. The summed E-state index contributed by atoms with van der Waals surface area (Å²) in [5, 5.41) is 2.80. The van der Waals surface area contributed by atoms with Crippen LogP contribution in [0.5, 0.6) is 0 Å². The first-order valence-electron chi connectivity index (χ1n) is 9.24. The molecular formula is C18H26N4O3. The molecule has 2 saturated heterocycles. The monoisotopic (exact) mass is 346 g/mol. The van der Waals surface area contributed by atoms with Crippen LogP contribution in [0.3, 0.4) is 0 Å². The van der Waals surface area contributed by atoms with Crippen LogP contribution >= 0.6 is 0 Å². The number of aryl methyl sites for hydroxylation is 1. The molecular weight excluding hydrogens is 320 g/mol. The first-order valence-corrected chi connectivity index (χ1v) is 9.24. The van der Waals surface area contributed by atoms with Crippen LogP contribution in [0.1, 0.15) is 30.7 Å². The maximum Gasteiger partial charge on any atom is 0.242 e. The third-order valence-corrected chi connectivity index (χ3v) is 6.15. The van der Waals surface area contributed by atoms with Crippen LogP contribution in [-0.4, -0.2) is 59.6 Å². The zero-order valence-corrected chi connectivity index (χ0v) is 14.8. The van der Waals surface area contributed by atoms with Gasteiger partial charge in [-0.05, 0) is 32.1 Å². The van der Waals surface area contributed by atoms with E-state index in [1.165, 1.54) is 12.1 Å². The zero-order chi connectivity index (χ0) is 17.4. The van der Waals surface area contributed by atoms with Gasteiger partial charge in [-0.25, -0.2) is 4.98 Å². The van der Waals surface area contributed by atoms with Crippen LogP contribution in [-0.2, 0) is 33.7 Å². The van der Waals surface area contributed by atoms with Crippen LogP contribution in [0.25, 0.3) is 0 Å². The number of fused-ring (bicyclic) bond motifs is 2. The van der Waals surface area contributed by atoms with Gasteiger partial charge in [-0.2, -0.15) is 0 Å². The summed E-state index contributed by atoms with van der Waals surface area (Å²) < 4.78 is 7.58. The van der Waals surface area contributed by atoms with E-state index >= 15 is 0 Å². The molecule has 2 atom stereocenters. The Bertz CT molecular complexity index is 686. The van der Waals surface area contributed by atoms with Gasteiger partial charge in [-0.3, -0.25) is 9.59 Å². The van der Waals surface area contributed by atoms with Crippen LogP contribution in [0.15, 0.2) is 6.33 Å². The van der Waals surface area contributed by atoms with E-state index in [2.05, 4.69) is 10.3 Å². The van der Waals surface area contributed by atoms with Crippen LogP contribution in [0, 0.1) is 11.3 Å². The molecule has 2 amide bonds. The molecule has 0 aromatic carbocycles. The van der Waals surface area contributed by atoms with E-state index in [0.717, 1.165) is 25.0 Å². The first-order chi connectivity index (χ1) is 12.1. The molecule has 7 nitrogen and oxygen atoms in total. The standard InChI is InChI=1S/C18H26N4O3/c1-19-17(24)18-6-7-25-10-13(18)8-21(11-18)16(23)9-22-12-20-14-4-2-3-5-15(14)22/h12-13H,2-11H2,1H3,(H,19,24)/t13-,18+/m1/s1. The molecule has 25 heavy (non-hydrogen) atoms. The molecule has 3 aliphatic rings. The molecule has 0 bridgehead atoms. The summed E-state index contributed by atoms with van der Waals surface area (Å²) in [6.45, 7) is 2.55. The average Bonchev–Trinajstić information content (AvgIpc) is 3.23. The van der Waals surface area contributed by atoms with Gasteiger partial charge in [-0.15, -0.1) is 0 Å². The van der Waals surface area contributed by atoms with Gasteiger partial charge in [0.05, 0.1) is 24.0 Å². The van der Waals surface area contributed by atoms with E-state index in [-0.39, 0.29) is 17.7 Å². The number of likely N-dealkylation sites (tertiary alicyclic amines) is 1. The Morgan fingerprint density at radius 3 is 3.08 bits per heavy atom. The molecule has 136 valence electrons. The third-order valence-electron chi connectivity index (χ3n) is 6.15. The molecule has 2 aliphatic heterocycles. The topological polar surface area (TPSA) is 76.5 Å². The van der Waals surface area contributed by atoms with Gasteiger partial charge in [0.2, 0.25) is 11.8 Å². The summed E-state index contributed by atoms with van der Waals surface area (Å²) in [6.07, 6.45) is 6.84. The summed E-state index contributed by atoms with van der Waals surface area (Å²) >= 11 is 0. The molecule has 1 N–H and O–H groups in total. The van der Waals surface area contributed by atoms with Crippen LogP contribution in [0.2, 0.25) is 0 Å². The second-order valence-corrected chi connectivity index (χ2v) is 7.50. The highest BCUT2D eigenvalue weighted by Gasteiger charge is 2.54. The van der Waals surface area contributed by atoms with Gasteiger partial charge in [-0.1, -0.05) is 0 Å².